The van der Waals surface area contributed by atoms with Gasteiger partial charge in [-0.25, -0.2) is 0 Å². The minimum atomic E-state index is 0.0132. The molecule has 4 aliphatic carbocycles. The molecular formula is C72H73B2N5Se. The fraction of sp³-hybridized carbons (Fsp3) is 0.333. The number of para-hydroxylation sites is 4. The summed E-state index contributed by atoms with van der Waals surface area (Å²) in [6, 6.07) is 71.9. The van der Waals surface area contributed by atoms with Crippen LogP contribution in [0.1, 0.15) is 128 Å². The number of rotatable bonds is 9. The standard InChI is InChI=1S/C72H73B2N5Se/c1-8-26-50(27-9-1)75(51-28-10-2-11-29-51)57-44-66-71-67(45-57)78(55-36-18-6-19-37-55)64-49-65-62(48-61(64)73(71)59-40-22-24-42-63(59)77(66)54-34-16-5-17-35-54)74-60-41-23-25-43-69(60)80-70-47-58(46-68(72(70)74)79(65)56-38-20-7-21-39-56)76(52-30-12-3-13-31-52)53-32-14-4-15-33-53/h5-7,16-25,34-53H,1-4,8-15,26-33H2. The van der Waals surface area contributed by atoms with Gasteiger partial charge < -0.3 is 0 Å². The molecule has 16 rings (SSSR count). The summed E-state index contributed by atoms with van der Waals surface area (Å²) < 4.78 is 3.11. The van der Waals surface area contributed by atoms with Crippen LogP contribution in [0.25, 0.3) is 0 Å². The molecule has 4 aliphatic heterocycles. The van der Waals surface area contributed by atoms with Crippen LogP contribution < -0.4 is 66.2 Å². The number of nitrogens with zero attached hydrogens (tertiary/aromatic N) is 5. The van der Waals surface area contributed by atoms with Crippen molar-refractivity contribution in [3.8, 4) is 0 Å². The Kier molecular flexibility index (Phi) is 12.8. The van der Waals surface area contributed by atoms with Gasteiger partial charge in [-0.3, -0.25) is 0 Å². The quantitative estimate of drug-likeness (QED) is 0.134. The van der Waals surface area contributed by atoms with Gasteiger partial charge in [0.2, 0.25) is 0 Å². The summed E-state index contributed by atoms with van der Waals surface area (Å²) in [4.78, 5) is 14.1. The zero-order valence-corrected chi connectivity index (χ0v) is 48.2. The number of hydrogen-bond acceptors (Lipinski definition) is 5. The summed E-state index contributed by atoms with van der Waals surface area (Å²) in [5.74, 6) is 0. The number of benzene rings is 8. The van der Waals surface area contributed by atoms with Crippen LogP contribution in [0, 0.1) is 0 Å². The van der Waals surface area contributed by atoms with Crippen LogP contribution in [0.3, 0.4) is 0 Å². The van der Waals surface area contributed by atoms with Crippen molar-refractivity contribution < 1.29 is 0 Å². The van der Waals surface area contributed by atoms with E-state index in [-0.39, 0.29) is 28.4 Å². The zero-order valence-electron chi connectivity index (χ0n) is 46.5. The van der Waals surface area contributed by atoms with E-state index in [0.717, 1.165) is 0 Å². The van der Waals surface area contributed by atoms with E-state index in [9.17, 15) is 0 Å². The summed E-state index contributed by atoms with van der Waals surface area (Å²) in [6.07, 6.45) is 26.5. The average Bonchev–Trinajstić information content (AvgIpc) is 3.51. The van der Waals surface area contributed by atoms with Crippen molar-refractivity contribution in [2.45, 2.75) is 153 Å². The number of hydrogen-bond donors (Lipinski definition) is 0. The molecule has 8 aromatic rings. The fourth-order valence-electron chi connectivity index (χ4n) is 16.8. The van der Waals surface area contributed by atoms with Crippen LogP contribution >= 0.6 is 0 Å². The monoisotopic (exact) mass is 1110 g/mol. The summed E-state index contributed by atoms with van der Waals surface area (Å²) in [7, 11) is 0. The summed E-state index contributed by atoms with van der Waals surface area (Å²) in [5, 5.41) is 0. The number of anilines is 11. The molecule has 8 heteroatoms. The Morgan fingerprint density at radius 3 is 1.15 bits per heavy atom. The SMILES string of the molecule is c1ccc(N2c3cc4c(cc3B3c5ccccc5[Se]c5cc(N(C6CCCCC6)C6CCCCC6)cc2c53)B2c3ccccc3N(c3ccccc3)c3cc(N(C5CCCCC5)C5CCCCC5)cc(c32)N4c2ccccc2)cc1. The predicted molar refractivity (Wildman–Crippen MR) is 344 cm³/mol. The zero-order chi connectivity index (χ0) is 52.7. The van der Waals surface area contributed by atoms with Crippen LogP contribution in [0.2, 0.25) is 0 Å². The molecule has 0 saturated heterocycles. The first-order valence-corrected chi connectivity index (χ1v) is 33.0. The van der Waals surface area contributed by atoms with Gasteiger partial charge in [-0.1, -0.05) is 56.7 Å². The third-order valence-electron chi connectivity index (χ3n) is 20.3. The first kappa shape index (κ1) is 49.2. The van der Waals surface area contributed by atoms with Crippen LogP contribution in [0.4, 0.5) is 62.6 Å². The first-order chi connectivity index (χ1) is 39.7. The van der Waals surface area contributed by atoms with Gasteiger partial charge in [0.1, 0.15) is 0 Å². The molecule has 4 saturated carbocycles. The van der Waals surface area contributed by atoms with Gasteiger partial charge in [0, 0.05) is 12.1 Å². The van der Waals surface area contributed by atoms with Gasteiger partial charge in [-0.2, -0.15) is 0 Å². The Hall–Kier alpha value is -6.59. The van der Waals surface area contributed by atoms with Gasteiger partial charge in [-0.15, -0.1) is 0 Å². The Morgan fingerprint density at radius 1 is 0.300 bits per heavy atom. The van der Waals surface area contributed by atoms with Gasteiger partial charge in [-0.05, 0) is 25.7 Å². The van der Waals surface area contributed by atoms with Crippen molar-refractivity contribution in [3.63, 3.8) is 0 Å². The topological polar surface area (TPSA) is 16.2 Å². The predicted octanol–water partition coefficient (Wildman–Crippen LogP) is 13.0. The second-order valence-electron chi connectivity index (χ2n) is 24.8. The Balaban J connectivity index is 0.980. The molecule has 8 aromatic carbocycles. The molecule has 8 aliphatic rings. The van der Waals surface area contributed by atoms with Crippen LogP contribution in [-0.4, -0.2) is 52.5 Å². The molecule has 0 radical (unpaired) electrons. The molecule has 0 bridgehead atoms. The molecule has 0 atom stereocenters. The Bertz CT molecular complexity index is 3550. The third kappa shape index (κ3) is 8.23. The Morgan fingerprint density at radius 2 is 0.675 bits per heavy atom. The van der Waals surface area contributed by atoms with E-state index in [1.165, 1.54) is 228 Å². The molecule has 0 amide bonds. The maximum atomic E-state index is 3.01. The molecule has 0 unspecified atom stereocenters. The van der Waals surface area contributed by atoms with Crippen molar-refractivity contribution in [1.82, 2.24) is 0 Å². The fourth-order valence-corrected chi connectivity index (χ4v) is 19.4. The second kappa shape index (κ2) is 20.7. The van der Waals surface area contributed by atoms with Gasteiger partial charge in [0.05, 0.1) is 0 Å². The van der Waals surface area contributed by atoms with E-state index < -0.39 is 0 Å². The summed E-state index contributed by atoms with van der Waals surface area (Å²) in [6.45, 7) is 0.117. The second-order valence-corrected chi connectivity index (χ2v) is 27.1. The van der Waals surface area contributed by atoms with Crippen molar-refractivity contribution >= 4 is 133 Å². The van der Waals surface area contributed by atoms with E-state index in [1.54, 1.807) is 4.46 Å². The number of fused-ring (bicyclic) bond motifs is 8. The molecule has 80 heavy (non-hydrogen) atoms. The van der Waals surface area contributed by atoms with Crippen LogP contribution in [-0.2, 0) is 0 Å². The molecule has 398 valence electrons. The minimum absolute atomic E-state index is 0.0132. The van der Waals surface area contributed by atoms with Gasteiger partial charge in [0.25, 0.3) is 0 Å². The van der Waals surface area contributed by atoms with E-state index in [4.69, 9.17) is 0 Å². The molecule has 0 aromatic heterocycles. The third-order valence-corrected chi connectivity index (χ3v) is 22.7. The molecule has 5 nitrogen and oxygen atoms in total. The van der Waals surface area contributed by atoms with Crippen molar-refractivity contribution in [1.29, 1.82) is 0 Å². The maximum absolute atomic E-state index is 3.01. The summed E-state index contributed by atoms with van der Waals surface area (Å²) >= 11 is 0.161. The van der Waals surface area contributed by atoms with Crippen LogP contribution in [0.5, 0.6) is 0 Å². The van der Waals surface area contributed by atoms with Gasteiger partial charge >= 0.3 is 391 Å². The first-order valence-electron chi connectivity index (χ1n) is 31.2. The molecule has 0 spiro atoms. The van der Waals surface area contributed by atoms with E-state index in [0.29, 0.717) is 24.2 Å². The van der Waals surface area contributed by atoms with Crippen LogP contribution in [0.15, 0.2) is 176 Å². The summed E-state index contributed by atoms with van der Waals surface area (Å²) in [5.41, 5.74) is 23.1. The van der Waals surface area contributed by atoms with Crippen molar-refractivity contribution in [2.24, 2.45) is 0 Å². The normalized spacial score (nSPS) is 18.9. The van der Waals surface area contributed by atoms with Crippen molar-refractivity contribution in [3.05, 3.63) is 176 Å². The van der Waals surface area contributed by atoms with Crippen molar-refractivity contribution in [2.75, 3.05) is 24.5 Å². The van der Waals surface area contributed by atoms with E-state index in [2.05, 4.69) is 200 Å². The molecule has 4 heterocycles. The van der Waals surface area contributed by atoms with Gasteiger partial charge in [0.15, 0.2) is 0 Å². The van der Waals surface area contributed by atoms with E-state index >= 15 is 0 Å². The molecular weight excluding hydrogens is 1040 g/mol. The Labute approximate surface area is 482 Å². The molecule has 4 fully saturated rings. The average molecular weight is 1110 g/mol. The molecule has 0 N–H and O–H groups in total. The van der Waals surface area contributed by atoms with E-state index in [1.807, 2.05) is 0 Å².